The molecule has 0 aromatic carbocycles. The molecule has 2 saturated carbocycles. The number of carbonyl (C=O) groups is 1. The van der Waals surface area contributed by atoms with E-state index in [4.69, 9.17) is 4.42 Å². The van der Waals surface area contributed by atoms with E-state index in [1.807, 2.05) is 11.0 Å². The van der Waals surface area contributed by atoms with Gasteiger partial charge < -0.3 is 9.32 Å². The van der Waals surface area contributed by atoms with E-state index in [1.54, 1.807) is 5.51 Å². The Bertz CT molecular complexity index is 681. The van der Waals surface area contributed by atoms with Crippen LogP contribution in [0.2, 0.25) is 0 Å². The zero-order valence-corrected chi connectivity index (χ0v) is 14.6. The number of carbonyl (C=O) groups excluding carboxylic acids is 1. The molecule has 0 saturated heterocycles. The first-order valence-electron chi connectivity index (χ1n) is 7.97. The Morgan fingerprint density at radius 3 is 2.96 bits per heavy atom. The van der Waals surface area contributed by atoms with Crippen LogP contribution in [0.3, 0.4) is 0 Å². The van der Waals surface area contributed by atoms with Crippen LogP contribution in [0, 0.1) is 5.92 Å². The van der Waals surface area contributed by atoms with Gasteiger partial charge in [0.05, 0.1) is 12.3 Å². The number of aromatic nitrogens is 2. The summed E-state index contributed by atoms with van der Waals surface area (Å²) in [5.41, 5.74) is 1.69. The molecule has 4 rings (SSSR count). The molecule has 2 aromatic rings. The van der Waals surface area contributed by atoms with Gasteiger partial charge in [0, 0.05) is 12.0 Å². The molecule has 23 heavy (non-hydrogen) atoms. The molecule has 2 aromatic heterocycles. The quantitative estimate of drug-likeness (QED) is 0.716. The maximum absolute atomic E-state index is 12.5. The average Bonchev–Trinajstić information content (AvgIpc) is 3.40. The van der Waals surface area contributed by atoms with Crippen molar-refractivity contribution in [1.82, 2.24) is 15.1 Å². The summed E-state index contributed by atoms with van der Waals surface area (Å²) in [5.74, 6) is 3.88. The van der Waals surface area contributed by atoms with Crippen molar-refractivity contribution in [3.63, 3.8) is 0 Å². The summed E-state index contributed by atoms with van der Waals surface area (Å²) in [4.78, 5) is 14.5. The minimum Gasteiger partial charge on any atom is -0.464 e. The first-order valence-corrected chi connectivity index (χ1v) is 9.84. The molecule has 2 atom stereocenters. The van der Waals surface area contributed by atoms with Crippen molar-refractivity contribution in [3.8, 4) is 0 Å². The fourth-order valence-electron chi connectivity index (χ4n) is 2.80. The molecule has 0 radical (unpaired) electrons. The molecule has 122 valence electrons. The van der Waals surface area contributed by atoms with Crippen LogP contribution in [-0.4, -0.2) is 32.8 Å². The van der Waals surface area contributed by atoms with E-state index in [-0.39, 0.29) is 5.91 Å². The first kappa shape index (κ1) is 15.2. The zero-order valence-electron chi connectivity index (χ0n) is 13.0. The highest BCUT2D eigenvalue weighted by Gasteiger charge is 2.37. The third-order valence-electron chi connectivity index (χ3n) is 4.45. The van der Waals surface area contributed by atoms with Gasteiger partial charge in [-0.1, -0.05) is 30.0 Å². The minimum absolute atomic E-state index is 0.158. The third-order valence-corrected chi connectivity index (χ3v) is 6.30. The highest BCUT2D eigenvalue weighted by molar-refractivity contribution is 8.01. The lowest BCUT2D eigenvalue weighted by molar-refractivity contribution is -0.129. The number of amides is 1. The molecule has 1 amide bonds. The molecular formula is C16H19N3O2S2. The molecule has 2 aliphatic carbocycles. The summed E-state index contributed by atoms with van der Waals surface area (Å²) >= 11 is 2.93. The van der Waals surface area contributed by atoms with Crippen LogP contribution in [0.15, 0.2) is 26.4 Å². The van der Waals surface area contributed by atoms with Gasteiger partial charge in [-0.25, -0.2) is 0 Å². The van der Waals surface area contributed by atoms with Crippen LogP contribution in [0.4, 0.5) is 0 Å². The number of hydrogen-bond acceptors (Lipinski definition) is 6. The van der Waals surface area contributed by atoms with Crippen LogP contribution in [0.25, 0.3) is 0 Å². The van der Waals surface area contributed by atoms with Gasteiger partial charge in [-0.2, -0.15) is 0 Å². The molecular weight excluding hydrogens is 330 g/mol. The predicted molar refractivity (Wildman–Crippen MR) is 89.4 cm³/mol. The van der Waals surface area contributed by atoms with E-state index in [0.29, 0.717) is 24.3 Å². The number of thioether (sulfide) groups is 1. The van der Waals surface area contributed by atoms with Crippen molar-refractivity contribution in [3.05, 3.63) is 29.2 Å². The van der Waals surface area contributed by atoms with E-state index >= 15 is 0 Å². The van der Waals surface area contributed by atoms with Gasteiger partial charge in [0.2, 0.25) is 5.91 Å². The largest absolute Gasteiger partial charge is 0.464 e. The Labute approximate surface area is 143 Å². The van der Waals surface area contributed by atoms with Crippen molar-refractivity contribution in [2.45, 2.75) is 49.0 Å². The monoisotopic (exact) mass is 349 g/mol. The SMILES string of the molecule is CC1CC1c1ccc(CN(C(=O)CSc2nncs2)C2CC2)o1. The second kappa shape index (κ2) is 6.28. The Hall–Kier alpha value is -1.34. The van der Waals surface area contributed by atoms with Crippen molar-refractivity contribution >= 4 is 29.0 Å². The van der Waals surface area contributed by atoms with E-state index in [9.17, 15) is 4.79 Å². The summed E-state index contributed by atoms with van der Waals surface area (Å²) < 4.78 is 6.81. The van der Waals surface area contributed by atoms with Gasteiger partial charge in [0.1, 0.15) is 17.0 Å². The molecule has 2 fully saturated rings. The summed E-state index contributed by atoms with van der Waals surface area (Å²) in [5, 5.41) is 7.77. The molecule has 7 heteroatoms. The van der Waals surface area contributed by atoms with Crippen molar-refractivity contribution in [2.24, 2.45) is 5.92 Å². The summed E-state index contributed by atoms with van der Waals surface area (Å²) in [6.07, 6.45) is 3.42. The molecule has 2 aliphatic rings. The molecule has 0 aliphatic heterocycles. The summed E-state index contributed by atoms with van der Waals surface area (Å²) in [6, 6.07) is 4.49. The second-order valence-electron chi connectivity index (χ2n) is 6.37. The van der Waals surface area contributed by atoms with Gasteiger partial charge in [0.25, 0.3) is 0 Å². The summed E-state index contributed by atoms with van der Waals surface area (Å²) in [6.45, 7) is 2.83. The van der Waals surface area contributed by atoms with Crippen LogP contribution in [0.5, 0.6) is 0 Å². The Balaban J connectivity index is 1.37. The first-order chi connectivity index (χ1) is 11.2. The van der Waals surface area contributed by atoms with Gasteiger partial charge >= 0.3 is 0 Å². The van der Waals surface area contributed by atoms with Crippen LogP contribution in [0.1, 0.15) is 43.6 Å². The van der Waals surface area contributed by atoms with Gasteiger partial charge in [-0.05, 0) is 37.3 Å². The normalized spacial score (nSPS) is 23.0. The van der Waals surface area contributed by atoms with Gasteiger partial charge in [-0.3, -0.25) is 4.79 Å². The predicted octanol–water partition coefficient (Wildman–Crippen LogP) is 3.54. The number of furan rings is 1. The maximum Gasteiger partial charge on any atom is 0.233 e. The third kappa shape index (κ3) is 3.61. The molecule has 2 heterocycles. The fraction of sp³-hybridized carbons (Fsp3) is 0.562. The van der Waals surface area contributed by atoms with Crippen LogP contribution in [-0.2, 0) is 11.3 Å². The van der Waals surface area contributed by atoms with Gasteiger partial charge in [-0.15, -0.1) is 10.2 Å². The molecule has 2 unspecified atom stereocenters. The molecule has 5 nitrogen and oxygen atoms in total. The van der Waals surface area contributed by atoms with Crippen LogP contribution < -0.4 is 0 Å². The molecule has 0 N–H and O–H groups in total. The van der Waals surface area contributed by atoms with E-state index in [2.05, 4.69) is 23.2 Å². The lowest BCUT2D eigenvalue weighted by atomic mass is 10.3. The average molecular weight is 349 g/mol. The highest BCUT2D eigenvalue weighted by Crippen LogP contribution is 2.47. The lowest BCUT2D eigenvalue weighted by Gasteiger charge is -2.20. The fourth-order valence-corrected chi connectivity index (χ4v) is 4.18. The zero-order chi connectivity index (χ0) is 15.8. The number of hydrogen-bond donors (Lipinski definition) is 0. The lowest BCUT2D eigenvalue weighted by Crippen LogP contribution is -2.33. The Morgan fingerprint density at radius 1 is 1.48 bits per heavy atom. The van der Waals surface area contributed by atoms with Crippen LogP contribution >= 0.6 is 23.1 Å². The highest BCUT2D eigenvalue weighted by atomic mass is 32.2. The Kier molecular flexibility index (Phi) is 4.15. The maximum atomic E-state index is 12.5. The Morgan fingerprint density at radius 2 is 2.30 bits per heavy atom. The second-order valence-corrected chi connectivity index (χ2v) is 8.43. The van der Waals surface area contributed by atoms with Crippen molar-refractivity contribution in [1.29, 1.82) is 0 Å². The minimum atomic E-state index is 0.158. The molecule has 0 spiro atoms. The smallest absolute Gasteiger partial charge is 0.233 e. The summed E-state index contributed by atoms with van der Waals surface area (Å²) in [7, 11) is 0. The van der Waals surface area contributed by atoms with Crippen molar-refractivity contribution in [2.75, 3.05) is 5.75 Å². The molecule has 0 bridgehead atoms. The number of nitrogens with zero attached hydrogens (tertiary/aromatic N) is 3. The number of rotatable bonds is 7. The standard InChI is InChI=1S/C16H19N3O2S2/c1-10-6-13(10)14-5-4-12(21-14)7-19(11-2-3-11)15(20)8-22-16-18-17-9-23-16/h4-5,9-11,13H,2-3,6-8H2,1H3. The van der Waals surface area contributed by atoms with E-state index in [1.165, 1.54) is 29.5 Å². The van der Waals surface area contributed by atoms with E-state index in [0.717, 1.165) is 34.6 Å². The van der Waals surface area contributed by atoms with Gasteiger partial charge in [0.15, 0.2) is 4.34 Å². The van der Waals surface area contributed by atoms with E-state index < -0.39 is 0 Å². The topological polar surface area (TPSA) is 59.2 Å². The van der Waals surface area contributed by atoms with Crippen molar-refractivity contribution < 1.29 is 9.21 Å².